The van der Waals surface area contributed by atoms with Crippen molar-refractivity contribution in [2.24, 2.45) is 0 Å². The Labute approximate surface area is 196 Å². The van der Waals surface area contributed by atoms with Gasteiger partial charge in [0, 0.05) is 31.2 Å². The number of anilines is 1. The van der Waals surface area contributed by atoms with Crippen LogP contribution < -0.4 is 14.4 Å². The number of rotatable bonds is 8. The van der Waals surface area contributed by atoms with Crippen molar-refractivity contribution < 1.29 is 19.0 Å². The summed E-state index contributed by atoms with van der Waals surface area (Å²) >= 11 is 7.67. The zero-order valence-corrected chi connectivity index (χ0v) is 19.7. The topological polar surface area (TPSA) is 64.1 Å². The number of benzene rings is 2. The summed E-state index contributed by atoms with van der Waals surface area (Å²) in [6, 6.07) is 10.8. The molecule has 0 spiro atoms. The molecule has 0 aliphatic carbocycles. The highest BCUT2D eigenvalue weighted by atomic mass is 35.5. The van der Waals surface area contributed by atoms with Gasteiger partial charge in [-0.3, -0.25) is 14.6 Å². The number of hydrogen-bond acceptors (Lipinski definition) is 7. The van der Waals surface area contributed by atoms with Crippen molar-refractivity contribution in [3.63, 3.8) is 0 Å². The van der Waals surface area contributed by atoms with Gasteiger partial charge in [-0.2, -0.15) is 0 Å². The molecular formula is C23H26ClN3O4S. The second-order valence-corrected chi connectivity index (χ2v) is 8.76. The van der Waals surface area contributed by atoms with E-state index in [2.05, 4.69) is 4.90 Å². The Morgan fingerprint density at radius 3 is 2.81 bits per heavy atom. The van der Waals surface area contributed by atoms with E-state index in [-0.39, 0.29) is 5.91 Å². The van der Waals surface area contributed by atoms with Gasteiger partial charge in [-0.25, -0.2) is 4.98 Å². The minimum absolute atomic E-state index is 0.193. The number of fused-ring (bicyclic) bond motifs is 1. The summed E-state index contributed by atoms with van der Waals surface area (Å²) in [7, 11) is 1.55. The minimum Gasteiger partial charge on any atom is -0.496 e. The summed E-state index contributed by atoms with van der Waals surface area (Å²) in [4.78, 5) is 22.4. The molecule has 170 valence electrons. The van der Waals surface area contributed by atoms with Crippen molar-refractivity contribution >= 4 is 44.2 Å². The van der Waals surface area contributed by atoms with Crippen LogP contribution in [0.5, 0.6) is 11.5 Å². The van der Waals surface area contributed by atoms with Crippen LogP contribution in [0.25, 0.3) is 10.2 Å². The third-order valence-corrected chi connectivity index (χ3v) is 6.55. The van der Waals surface area contributed by atoms with E-state index in [9.17, 15) is 4.79 Å². The number of aromatic nitrogens is 1. The maximum Gasteiger partial charge on any atom is 0.263 e. The van der Waals surface area contributed by atoms with Gasteiger partial charge >= 0.3 is 0 Å². The van der Waals surface area contributed by atoms with Gasteiger partial charge in [0.1, 0.15) is 11.5 Å². The van der Waals surface area contributed by atoms with E-state index in [1.54, 1.807) is 30.2 Å². The molecule has 1 fully saturated rings. The molecule has 1 aliphatic rings. The van der Waals surface area contributed by atoms with Crippen LogP contribution in [-0.2, 0) is 4.74 Å². The van der Waals surface area contributed by atoms with Crippen LogP contribution in [0.3, 0.4) is 0 Å². The first-order chi connectivity index (χ1) is 15.6. The number of ether oxygens (including phenoxy) is 3. The van der Waals surface area contributed by atoms with E-state index in [0.717, 1.165) is 35.6 Å². The maximum absolute atomic E-state index is 13.7. The molecule has 0 saturated carbocycles. The number of amides is 1. The molecule has 7 nitrogen and oxygen atoms in total. The molecule has 2 heterocycles. The Balaban J connectivity index is 1.67. The number of carbonyl (C=O) groups excluding carboxylic acids is 1. The average Bonchev–Trinajstić information content (AvgIpc) is 3.23. The SMILES string of the molecule is CCOc1ccc2nc(N(CCN3CCOCC3)C(=O)c3cc(Cl)ccc3OC)sc2c1. The Bertz CT molecular complexity index is 1080. The third kappa shape index (κ3) is 5.15. The van der Waals surface area contributed by atoms with Gasteiger partial charge < -0.3 is 14.2 Å². The van der Waals surface area contributed by atoms with Gasteiger partial charge in [0.15, 0.2) is 5.13 Å². The van der Waals surface area contributed by atoms with Crippen LogP contribution in [0.15, 0.2) is 36.4 Å². The van der Waals surface area contributed by atoms with Crippen LogP contribution >= 0.6 is 22.9 Å². The van der Waals surface area contributed by atoms with Gasteiger partial charge in [-0.15, -0.1) is 0 Å². The van der Waals surface area contributed by atoms with E-state index in [1.807, 2.05) is 25.1 Å². The summed E-state index contributed by atoms with van der Waals surface area (Å²) < 4.78 is 17.5. The van der Waals surface area contributed by atoms with Crippen molar-refractivity contribution in [1.82, 2.24) is 9.88 Å². The van der Waals surface area contributed by atoms with E-state index >= 15 is 0 Å². The van der Waals surface area contributed by atoms with E-state index in [1.165, 1.54) is 11.3 Å². The molecule has 32 heavy (non-hydrogen) atoms. The molecule has 0 atom stereocenters. The lowest BCUT2D eigenvalue weighted by Gasteiger charge is -2.29. The minimum atomic E-state index is -0.193. The van der Waals surface area contributed by atoms with Crippen molar-refractivity contribution in [3.05, 3.63) is 47.0 Å². The van der Waals surface area contributed by atoms with Crippen LogP contribution in [0, 0.1) is 0 Å². The van der Waals surface area contributed by atoms with E-state index in [4.69, 9.17) is 30.8 Å². The zero-order valence-electron chi connectivity index (χ0n) is 18.2. The predicted octanol–water partition coefficient (Wildman–Crippen LogP) is 4.34. The first-order valence-electron chi connectivity index (χ1n) is 10.6. The van der Waals surface area contributed by atoms with E-state index in [0.29, 0.717) is 47.8 Å². The second kappa shape index (κ2) is 10.5. The van der Waals surface area contributed by atoms with Crippen LogP contribution in [0.1, 0.15) is 17.3 Å². The van der Waals surface area contributed by atoms with Gasteiger partial charge in [0.2, 0.25) is 0 Å². The number of halogens is 1. The van der Waals surface area contributed by atoms with Crippen LogP contribution in [0.4, 0.5) is 5.13 Å². The fourth-order valence-electron chi connectivity index (χ4n) is 3.61. The third-order valence-electron chi connectivity index (χ3n) is 5.27. The fraction of sp³-hybridized carbons (Fsp3) is 0.391. The molecule has 1 saturated heterocycles. The van der Waals surface area contributed by atoms with Gasteiger partial charge in [-0.05, 0) is 43.3 Å². The second-order valence-electron chi connectivity index (χ2n) is 7.31. The summed E-state index contributed by atoms with van der Waals surface area (Å²) in [5, 5.41) is 1.11. The zero-order chi connectivity index (χ0) is 22.5. The summed E-state index contributed by atoms with van der Waals surface area (Å²) in [5.74, 6) is 1.08. The van der Waals surface area contributed by atoms with E-state index < -0.39 is 0 Å². The molecule has 3 aromatic rings. The highest BCUT2D eigenvalue weighted by molar-refractivity contribution is 7.22. The summed E-state index contributed by atoms with van der Waals surface area (Å²) in [5.41, 5.74) is 1.24. The van der Waals surface area contributed by atoms with Crippen molar-refractivity contribution in [2.75, 3.05) is 58.0 Å². The molecular weight excluding hydrogens is 450 g/mol. The first-order valence-corrected chi connectivity index (χ1v) is 11.8. The smallest absolute Gasteiger partial charge is 0.263 e. The molecule has 1 aliphatic heterocycles. The molecule has 4 rings (SSSR count). The number of nitrogens with zero attached hydrogens (tertiary/aromatic N) is 3. The van der Waals surface area contributed by atoms with Gasteiger partial charge in [0.05, 0.1) is 42.7 Å². The average molecular weight is 476 g/mol. The fourth-order valence-corrected chi connectivity index (χ4v) is 4.80. The highest BCUT2D eigenvalue weighted by Crippen LogP contribution is 2.33. The van der Waals surface area contributed by atoms with Crippen LogP contribution in [0.2, 0.25) is 5.02 Å². The van der Waals surface area contributed by atoms with Crippen LogP contribution in [-0.4, -0.2) is 68.9 Å². The Hall–Kier alpha value is -2.39. The molecule has 1 aromatic heterocycles. The molecule has 9 heteroatoms. The first kappa shape index (κ1) is 22.8. The molecule has 0 radical (unpaired) electrons. The quantitative estimate of drug-likeness (QED) is 0.483. The molecule has 0 unspecified atom stereocenters. The summed E-state index contributed by atoms with van der Waals surface area (Å²) in [6.45, 7) is 6.86. The largest absolute Gasteiger partial charge is 0.496 e. The number of hydrogen-bond donors (Lipinski definition) is 0. The monoisotopic (exact) mass is 475 g/mol. The highest BCUT2D eigenvalue weighted by Gasteiger charge is 2.25. The number of methoxy groups -OCH3 is 1. The number of carbonyl (C=O) groups is 1. The molecule has 0 bridgehead atoms. The number of morpholine rings is 1. The lowest BCUT2D eigenvalue weighted by Crippen LogP contribution is -2.43. The number of thiazole rings is 1. The van der Waals surface area contributed by atoms with Crippen molar-refractivity contribution in [1.29, 1.82) is 0 Å². The maximum atomic E-state index is 13.7. The summed E-state index contributed by atoms with van der Waals surface area (Å²) in [6.07, 6.45) is 0. The Kier molecular flexibility index (Phi) is 7.47. The predicted molar refractivity (Wildman–Crippen MR) is 128 cm³/mol. The molecule has 1 amide bonds. The molecule has 2 aromatic carbocycles. The van der Waals surface area contributed by atoms with Gasteiger partial charge in [0.25, 0.3) is 5.91 Å². The lowest BCUT2D eigenvalue weighted by atomic mass is 10.1. The normalized spacial score (nSPS) is 14.5. The standard InChI is InChI=1S/C23H26ClN3O4S/c1-3-31-17-5-6-19-21(15-17)32-23(25-19)27(9-8-26-10-12-30-13-11-26)22(28)18-14-16(24)4-7-20(18)29-2/h4-7,14-15H,3,8-13H2,1-2H3. The van der Waals surface area contributed by atoms with Crippen molar-refractivity contribution in [3.8, 4) is 11.5 Å². The van der Waals surface area contributed by atoms with Gasteiger partial charge in [-0.1, -0.05) is 22.9 Å². The Morgan fingerprint density at radius 2 is 2.06 bits per heavy atom. The van der Waals surface area contributed by atoms with Crippen molar-refractivity contribution in [2.45, 2.75) is 6.92 Å². The molecule has 0 N–H and O–H groups in total. The lowest BCUT2D eigenvalue weighted by molar-refractivity contribution is 0.0391. The Morgan fingerprint density at radius 1 is 1.25 bits per heavy atom.